The SMILES string of the molecule is CC(C)(C)OC(=O)NC(C(=O)O)C1=COC=C(C2=CC=CCC2)O1. The minimum Gasteiger partial charge on any atom is -0.479 e. The third-order valence-corrected chi connectivity index (χ3v) is 3.11. The molecule has 0 radical (unpaired) electrons. The number of hydrogen-bond donors (Lipinski definition) is 2. The van der Waals surface area contributed by atoms with Crippen molar-refractivity contribution < 1.29 is 28.9 Å². The molecule has 1 aliphatic carbocycles. The fourth-order valence-corrected chi connectivity index (χ4v) is 2.09. The fourth-order valence-electron chi connectivity index (χ4n) is 2.09. The van der Waals surface area contributed by atoms with Crippen molar-refractivity contribution in [3.05, 3.63) is 47.8 Å². The van der Waals surface area contributed by atoms with E-state index >= 15 is 0 Å². The van der Waals surface area contributed by atoms with Crippen LogP contribution in [0.15, 0.2) is 47.8 Å². The van der Waals surface area contributed by atoms with Crippen LogP contribution in [-0.2, 0) is 19.0 Å². The van der Waals surface area contributed by atoms with Gasteiger partial charge in [-0.1, -0.05) is 18.2 Å². The number of nitrogens with one attached hydrogen (secondary N) is 1. The number of carboxylic acids is 1. The van der Waals surface area contributed by atoms with Gasteiger partial charge in [0.1, 0.15) is 18.1 Å². The van der Waals surface area contributed by atoms with E-state index in [1.54, 1.807) is 20.8 Å². The summed E-state index contributed by atoms with van der Waals surface area (Å²) < 4.78 is 15.9. The van der Waals surface area contributed by atoms with Crippen LogP contribution in [0.2, 0.25) is 0 Å². The number of carbonyl (C=O) groups excluding carboxylic acids is 1. The zero-order chi connectivity index (χ0) is 17.7. The van der Waals surface area contributed by atoms with Crippen LogP contribution in [-0.4, -0.2) is 28.8 Å². The Bertz CT molecular complexity index is 636. The van der Waals surface area contributed by atoms with Crippen LogP contribution < -0.4 is 5.32 Å². The average Bonchev–Trinajstić information content (AvgIpc) is 2.52. The summed E-state index contributed by atoms with van der Waals surface area (Å²) in [5.41, 5.74) is 0.153. The summed E-state index contributed by atoms with van der Waals surface area (Å²) >= 11 is 0. The van der Waals surface area contributed by atoms with Gasteiger partial charge in [-0.3, -0.25) is 0 Å². The molecule has 0 aromatic heterocycles. The lowest BCUT2D eigenvalue weighted by atomic mass is 10.0. The molecular formula is C17H21NO6. The Hall–Kier alpha value is -2.70. The molecule has 2 rings (SSSR count). The zero-order valence-electron chi connectivity index (χ0n) is 13.9. The summed E-state index contributed by atoms with van der Waals surface area (Å²) in [5.74, 6) is -0.884. The highest BCUT2D eigenvalue weighted by atomic mass is 16.6. The summed E-state index contributed by atoms with van der Waals surface area (Å²) in [4.78, 5) is 23.3. The van der Waals surface area contributed by atoms with Crippen molar-refractivity contribution in [2.75, 3.05) is 0 Å². The molecule has 1 unspecified atom stereocenters. The van der Waals surface area contributed by atoms with Crippen molar-refractivity contribution in [3.8, 4) is 0 Å². The highest BCUT2D eigenvalue weighted by Gasteiger charge is 2.31. The van der Waals surface area contributed by atoms with E-state index in [1.165, 1.54) is 6.26 Å². The second-order valence-corrected chi connectivity index (χ2v) is 6.32. The number of alkyl carbamates (subject to hydrolysis) is 1. The Morgan fingerprint density at radius 2 is 2.08 bits per heavy atom. The number of allylic oxidation sites excluding steroid dienone is 4. The van der Waals surface area contributed by atoms with Gasteiger partial charge in [0.2, 0.25) is 0 Å². The minimum absolute atomic E-state index is 0.0266. The third kappa shape index (κ3) is 4.91. The molecule has 0 fully saturated rings. The number of hydrogen-bond acceptors (Lipinski definition) is 5. The number of rotatable bonds is 4. The van der Waals surface area contributed by atoms with Crippen molar-refractivity contribution in [2.24, 2.45) is 0 Å². The maximum absolute atomic E-state index is 11.8. The van der Waals surface area contributed by atoms with Gasteiger partial charge in [-0.15, -0.1) is 0 Å². The van der Waals surface area contributed by atoms with Gasteiger partial charge in [0.15, 0.2) is 17.6 Å². The first-order valence-corrected chi connectivity index (χ1v) is 7.58. The van der Waals surface area contributed by atoms with Crippen LogP contribution in [0.4, 0.5) is 4.79 Å². The molecule has 7 heteroatoms. The van der Waals surface area contributed by atoms with Crippen LogP contribution in [0.3, 0.4) is 0 Å². The molecule has 0 aromatic rings. The first-order valence-electron chi connectivity index (χ1n) is 7.58. The van der Waals surface area contributed by atoms with E-state index < -0.39 is 23.7 Å². The summed E-state index contributed by atoms with van der Waals surface area (Å²) in [6.45, 7) is 5.06. The number of carbonyl (C=O) groups is 2. The van der Waals surface area contributed by atoms with Gasteiger partial charge in [-0.05, 0) is 39.2 Å². The van der Waals surface area contributed by atoms with Crippen LogP contribution in [0, 0.1) is 0 Å². The van der Waals surface area contributed by atoms with Gasteiger partial charge in [-0.25, -0.2) is 9.59 Å². The van der Waals surface area contributed by atoms with Crippen LogP contribution in [0.25, 0.3) is 0 Å². The molecule has 1 heterocycles. The Morgan fingerprint density at radius 1 is 1.33 bits per heavy atom. The van der Waals surface area contributed by atoms with Crippen LogP contribution >= 0.6 is 0 Å². The van der Waals surface area contributed by atoms with E-state index in [2.05, 4.69) is 5.32 Å². The van der Waals surface area contributed by atoms with Crippen molar-refractivity contribution in [1.29, 1.82) is 0 Å². The molecule has 7 nitrogen and oxygen atoms in total. The number of aliphatic carboxylic acids is 1. The summed E-state index contributed by atoms with van der Waals surface area (Å²) in [5, 5.41) is 11.6. The second-order valence-electron chi connectivity index (χ2n) is 6.32. The van der Waals surface area contributed by atoms with Gasteiger partial charge in [0.05, 0.1) is 0 Å². The lowest BCUT2D eigenvalue weighted by Gasteiger charge is -2.25. The minimum atomic E-state index is -1.41. The predicted molar refractivity (Wildman–Crippen MR) is 85.6 cm³/mol. The van der Waals surface area contributed by atoms with E-state index in [9.17, 15) is 14.7 Å². The normalized spacial score (nSPS) is 18.2. The highest BCUT2D eigenvalue weighted by molar-refractivity contribution is 5.82. The quantitative estimate of drug-likeness (QED) is 0.820. The third-order valence-electron chi connectivity index (χ3n) is 3.11. The summed E-state index contributed by atoms with van der Waals surface area (Å²) in [6, 6.07) is -1.41. The van der Waals surface area contributed by atoms with Gasteiger partial charge in [0, 0.05) is 0 Å². The Kier molecular flexibility index (Phi) is 5.33. The molecule has 1 amide bonds. The molecule has 2 aliphatic rings. The van der Waals surface area contributed by atoms with E-state index in [0.717, 1.165) is 24.7 Å². The lowest BCUT2D eigenvalue weighted by Crippen LogP contribution is -2.45. The molecule has 0 saturated heterocycles. The molecule has 0 spiro atoms. The number of ether oxygens (including phenoxy) is 3. The highest BCUT2D eigenvalue weighted by Crippen LogP contribution is 2.27. The average molecular weight is 335 g/mol. The smallest absolute Gasteiger partial charge is 0.408 e. The van der Waals surface area contributed by atoms with Crippen molar-refractivity contribution in [2.45, 2.75) is 45.3 Å². The first-order chi connectivity index (χ1) is 11.3. The molecule has 1 atom stereocenters. The van der Waals surface area contributed by atoms with Gasteiger partial charge < -0.3 is 24.6 Å². The largest absolute Gasteiger partial charge is 0.479 e. The van der Waals surface area contributed by atoms with Crippen LogP contribution in [0.1, 0.15) is 33.6 Å². The Balaban J connectivity index is 2.07. The van der Waals surface area contributed by atoms with Gasteiger partial charge in [-0.2, -0.15) is 0 Å². The maximum Gasteiger partial charge on any atom is 0.408 e. The van der Waals surface area contributed by atoms with E-state index in [0.29, 0.717) is 5.76 Å². The van der Waals surface area contributed by atoms with E-state index in [-0.39, 0.29) is 5.76 Å². The van der Waals surface area contributed by atoms with Crippen molar-refractivity contribution in [1.82, 2.24) is 5.32 Å². The van der Waals surface area contributed by atoms with Crippen molar-refractivity contribution in [3.63, 3.8) is 0 Å². The van der Waals surface area contributed by atoms with E-state index in [1.807, 2.05) is 18.2 Å². The predicted octanol–water partition coefficient (Wildman–Crippen LogP) is 2.97. The van der Waals surface area contributed by atoms with Crippen LogP contribution in [0.5, 0.6) is 0 Å². The molecule has 0 saturated carbocycles. The zero-order valence-corrected chi connectivity index (χ0v) is 13.9. The first kappa shape index (κ1) is 17.7. The van der Waals surface area contributed by atoms with Gasteiger partial charge >= 0.3 is 12.1 Å². The summed E-state index contributed by atoms with van der Waals surface area (Å²) in [7, 11) is 0. The molecule has 24 heavy (non-hydrogen) atoms. The summed E-state index contributed by atoms with van der Waals surface area (Å²) in [6.07, 6.45) is 9.12. The second kappa shape index (κ2) is 7.25. The maximum atomic E-state index is 11.8. The standard InChI is InChI=1S/C17H21NO6/c1-17(2,3)24-16(21)18-14(15(19)20)13-10-22-9-12(23-13)11-7-5-4-6-8-11/h4-5,7,9-10,14H,6,8H2,1-3H3,(H,18,21)(H,19,20). The molecule has 2 N–H and O–H groups in total. The Morgan fingerprint density at radius 3 is 2.67 bits per heavy atom. The molecule has 0 aromatic carbocycles. The number of amides is 1. The van der Waals surface area contributed by atoms with E-state index in [4.69, 9.17) is 14.2 Å². The molecular weight excluding hydrogens is 314 g/mol. The molecule has 1 aliphatic heterocycles. The van der Waals surface area contributed by atoms with Gasteiger partial charge in [0.25, 0.3) is 0 Å². The number of carboxylic acid groups (broad SMARTS) is 1. The Labute approximate surface area is 140 Å². The molecule has 130 valence electrons. The lowest BCUT2D eigenvalue weighted by molar-refractivity contribution is -0.139. The fraction of sp³-hybridized carbons (Fsp3) is 0.412. The topological polar surface area (TPSA) is 94.1 Å². The van der Waals surface area contributed by atoms with Crippen molar-refractivity contribution >= 4 is 12.1 Å². The monoisotopic (exact) mass is 335 g/mol. The molecule has 0 bridgehead atoms.